The molecule has 3 rings (SSSR count). The summed E-state index contributed by atoms with van der Waals surface area (Å²) in [6.45, 7) is 6.76. The number of rotatable bonds is 4. The molecule has 19 heavy (non-hydrogen) atoms. The molecule has 4 heteroatoms. The van der Waals surface area contributed by atoms with Crippen LogP contribution in [0.4, 0.5) is 0 Å². The van der Waals surface area contributed by atoms with E-state index >= 15 is 0 Å². The lowest BCUT2D eigenvalue weighted by atomic mass is 9.92. The van der Waals surface area contributed by atoms with Crippen LogP contribution < -0.4 is 5.32 Å². The third-order valence-corrected chi connectivity index (χ3v) is 4.90. The number of aryl methyl sites for hydroxylation is 2. The van der Waals surface area contributed by atoms with Crippen LogP contribution in [0.3, 0.4) is 0 Å². The maximum atomic E-state index is 4.63. The van der Waals surface area contributed by atoms with Crippen LogP contribution in [0.25, 0.3) is 0 Å². The third kappa shape index (κ3) is 2.21. The van der Waals surface area contributed by atoms with E-state index in [4.69, 9.17) is 0 Å². The van der Waals surface area contributed by atoms with Gasteiger partial charge in [0.1, 0.15) is 0 Å². The van der Waals surface area contributed by atoms with Crippen LogP contribution in [-0.2, 0) is 7.05 Å². The first-order valence-corrected chi connectivity index (χ1v) is 7.54. The fraction of sp³-hybridized carbons (Fsp3) is 0.800. The molecule has 1 saturated heterocycles. The van der Waals surface area contributed by atoms with Gasteiger partial charge < -0.3 is 5.32 Å². The molecule has 2 atom stereocenters. The summed E-state index contributed by atoms with van der Waals surface area (Å²) in [4.78, 5) is 2.75. The van der Waals surface area contributed by atoms with Gasteiger partial charge in [0.15, 0.2) is 0 Å². The monoisotopic (exact) mass is 262 g/mol. The van der Waals surface area contributed by atoms with Gasteiger partial charge in [-0.1, -0.05) is 0 Å². The van der Waals surface area contributed by atoms with Crippen molar-refractivity contribution in [2.45, 2.75) is 45.2 Å². The first kappa shape index (κ1) is 13.1. The lowest BCUT2D eigenvalue weighted by Crippen LogP contribution is -2.31. The minimum Gasteiger partial charge on any atom is -0.319 e. The van der Waals surface area contributed by atoms with E-state index in [0.717, 1.165) is 18.5 Å². The van der Waals surface area contributed by atoms with Gasteiger partial charge in [0.05, 0.1) is 5.69 Å². The Morgan fingerprint density at radius 3 is 2.53 bits per heavy atom. The van der Waals surface area contributed by atoms with Crippen LogP contribution in [0, 0.1) is 19.8 Å². The zero-order chi connectivity index (χ0) is 13.6. The Kier molecular flexibility index (Phi) is 3.39. The average molecular weight is 262 g/mol. The first-order chi connectivity index (χ1) is 9.13. The highest BCUT2D eigenvalue weighted by Crippen LogP contribution is 2.45. The molecule has 2 heterocycles. The SMILES string of the molecule is CNCC1CCN(C2CC2)C1c1c(C)nn(C)c1C. The summed E-state index contributed by atoms with van der Waals surface area (Å²) in [5.41, 5.74) is 4.06. The normalized spacial score (nSPS) is 28.2. The Labute approximate surface area is 116 Å². The molecule has 0 spiro atoms. The predicted octanol–water partition coefficient (Wildman–Crippen LogP) is 1.78. The zero-order valence-corrected chi connectivity index (χ0v) is 12.6. The van der Waals surface area contributed by atoms with Crippen molar-refractivity contribution < 1.29 is 0 Å². The molecule has 2 aliphatic rings. The number of hydrogen-bond donors (Lipinski definition) is 1. The molecule has 2 fully saturated rings. The largest absolute Gasteiger partial charge is 0.319 e. The van der Waals surface area contributed by atoms with E-state index in [9.17, 15) is 0 Å². The number of hydrogen-bond acceptors (Lipinski definition) is 3. The third-order valence-electron chi connectivity index (χ3n) is 4.90. The van der Waals surface area contributed by atoms with Crippen molar-refractivity contribution in [3.63, 3.8) is 0 Å². The van der Waals surface area contributed by atoms with Crippen molar-refractivity contribution in [2.75, 3.05) is 20.1 Å². The Bertz CT molecular complexity index is 461. The van der Waals surface area contributed by atoms with Crippen molar-refractivity contribution >= 4 is 0 Å². The molecular weight excluding hydrogens is 236 g/mol. The fourth-order valence-corrected chi connectivity index (χ4v) is 3.79. The summed E-state index contributed by atoms with van der Waals surface area (Å²) >= 11 is 0. The highest BCUT2D eigenvalue weighted by atomic mass is 15.3. The van der Waals surface area contributed by atoms with Crippen molar-refractivity contribution in [2.24, 2.45) is 13.0 Å². The van der Waals surface area contributed by atoms with E-state index in [0.29, 0.717) is 6.04 Å². The summed E-state index contributed by atoms with van der Waals surface area (Å²) in [7, 11) is 4.13. The van der Waals surface area contributed by atoms with Gasteiger partial charge in [-0.05, 0) is 59.2 Å². The molecule has 4 nitrogen and oxygen atoms in total. The van der Waals surface area contributed by atoms with E-state index < -0.39 is 0 Å². The van der Waals surface area contributed by atoms with Crippen LogP contribution in [-0.4, -0.2) is 40.9 Å². The summed E-state index contributed by atoms with van der Waals surface area (Å²) in [5, 5.41) is 8.01. The van der Waals surface area contributed by atoms with E-state index in [-0.39, 0.29) is 0 Å². The molecule has 0 bridgehead atoms. The number of likely N-dealkylation sites (tertiary alicyclic amines) is 1. The highest BCUT2D eigenvalue weighted by molar-refractivity contribution is 5.30. The second kappa shape index (κ2) is 4.91. The number of nitrogens with zero attached hydrogens (tertiary/aromatic N) is 3. The van der Waals surface area contributed by atoms with Gasteiger partial charge in [-0.2, -0.15) is 5.10 Å². The molecule has 1 saturated carbocycles. The minimum absolute atomic E-state index is 0.577. The average Bonchev–Trinajstić information content (AvgIpc) is 3.09. The van der Waals surface area contributed by atoms with Gasteiger partial charge >= 0.3 is 0 Å². The van der Waals surface area contributed by atoms with Gasteiger partial charge in [-0.3, -0.25) is 9.58 Å². The maximum absolute atomic E-state index is 4.63. The van der Waals surface area contributed by atoms with Crippen LogP contribution >= 0.6 is 0 Å². The quantitative estimate of drug-likeness (QED) is 0.898. The van der Waals surface area contributed by atoms with Crippen LogP contribution in [0.15, 0.2) is 0 Å². The Hall–Kier alpha value is -0.870. The smallest absolute Gasteiger partial charge is 0.0644 e. The van der Waals surface area contributed by atoms with Crippen molar-refractivity contribution in [3.05, 3.63) is 17.0 Å². The van der Waals surface area contributed by atoms with E-state index in [2.05, 4.69) is 43.3 Å². The summed E-state index contributed by atoms with van der Waals surface area (Å²) in [5.74, 6) is 0.729. The Morgan fingerprint density at radius 1 is 1.26 bits per heavy atom. The molecule has 0 aromatic carbocycles. The maximum Gasteiger partial charge on any atom is 0.0644 e. The number of nitrogens with one attached hydrogen (secondary N) is 1. The molecule has 1 N–H and O–H groups in total. The Morgan fingerprint density at radius 2 is 2.00 bits per heavy atom. The summed E-state index contributed by atoms with van der Waals surface area (Å²) < 4.78 is 2.05. The van der Waals surface area contributed by atoms with Crippen LogP contribution in [0.1, 0.15) is 42.3 Å². The van der Waals surface area contributed by atoms with Gasteiger partial charge in [0.2, 0.25) is 0 Å². The molecule has 106 valence electrons. The lowest BCUT2D eigenvalue weighted by molar-refractivity contribution is 0.216. The minimum atomic E-state index is 0.577. The summed E-state index contributed by atoms with van der Waals surface area (Å²) in [6, 6.07) is 1.42. The highest BCUT2D eigenvalue weighted by Gasteiger charge is 2.44. The first-order valence-electron chi connectivity index (χ1n) is 7.54. The molecule has 0 radical (unpaired) electrons. The topological polar surface area (TPSA) is 33.1 Å². The predicted molar refractivity (Wildman–Crippen MR) is 77.2 cm³/mol. The summed E-state index contributed by atoms with van der Waals surface area (Å²) in [6.07, 6.45) is 4.10. The van der Waals surface area contributed by atoms with E-state index in [1.807, 2.05) is 4.68 Å². The second-order valence-electron chi connectivity index (χ2n) is 6.23. The van der Waals surface area contributed by atoms with Crippen LogP contribution in [0.2, 0.25) is 0 Å². The molecule has 0 amide bonds. The molecular formula is C15H26N4. The standard InChI is InChI=1S/C15H26N4/c1-10-14(11(2)18(4)17-10)15-12(9-16-3)7-8-19(15)13-5-6-13/h12-13,15-16H,5-9H2,1-4H3. The van der Waals surface area contributed by atoms with Gasteiger partial charge in [-0.15, -0.1) is 0 Å². The second-order valence-corrected chi connectivity index (χ2v) is 6.23. The van der Waals surface area contributed by atoms with Crippen molar-refractivity contribution in [3.8, 4) is 0 Å². The molecule has 1 aromatic heterocycles. The van der Waals surface area contributed by atoms with Crippen molar-refractivity contribution in [1.82, 2.24) is 20.0 Å². The van der Waals surface area contributed by atoms with Gasteiger partial charge in [-0.25, -0.2) is 0 Å². The molecule has 2 unspecified atom stereocenters. The van der Waals surface area contributed by atoms with Crippen LogP contribution in [0.5, 0.6) is 0 Å². The zero-order valence-electron chi connectivity index (χ0n) is 12.6. The molecule has 1 aliphatic heterocycles. The van der Waals surface area contributed by atoms with E-state index in [1.54, 1.807) is 0 Å². The van der Waals surface area contributed by atoms with E-state index in [1.165, 1.54) is 42.8 Å². The number of aromatic nitrogens is 2. The van der Waals surface area contributed by atoms with Gasteiger partial charge in [0.25, 0.3) is 0 Å². The van der Waals surface area contributed by atoms with Crippen molar-refractivity contribution in [1.29, 1.82) is 0 Å². The molecule has 1 aromatic rings. The molecule has 1 aliphatic carbocycles. The Balaban J connectivity index is 1.96. The fourth-order valence-electron chi connectivity index (χ4n) is 3.79. The van der Waals surface area contributed by atoms with Gasteiger partial charge in [0, 0.05) is 30.4 Å². The lowest BCUT2D eigenvalue weighted by Gasteiger charge is -2.29.